The van der Waals surface area contributed by atoms with Crippen LogP contribution in [0.2, 0.25) is 0 Å². The van der Waals surface area contributed by atoms with Crippen molar-refractivity contribution in [3.05, 3.63) is 27.4 Å². The summed E-state index contributed by atoms with van der Waals surface area (Å²) in [5, 5.41) is 8.99. The molecule has 0 unspecified atom stereocenters. The zero-order valence-electron chi connectivity index (χ0n) is 8.99. The molecule has 0 radical (unpaired) electrons. The van der Waals surface area contributed by atoms with E-state index >= 15 is 0 Å². The van der Waals surface area contributed by atoms with Crippen molar-refractivity contribution >= 4 is 5.97 Å². The van der Waals surface area contributed by atoms with Gasteiger partial charge in [-0.3, -0.25) is 4.90 Å². The van der Waals surface area contributed by atoms with Gasteiger partial charge in [0.15, 0.2) is 5.69 Å². The Bertz CT molecular complexity index is 481. The number of carboxylic acid groups (broad SMARTS) is 1. The van der Waals surface area contributed by atoms with E-state index in [2.05, 4.69) is 14.9 Å². The number of aromatic amines is 1. The van der Waals surface area contributed by atoms with E-state index in [1.54, 1.807) is 0 Å². The molecule has 2 N–H and O–H groups in total. The van der Waals surface area contributed by atoms with Crippen LogP contribution in [0.25, 0.3) is 0 Å². The van der Waals surface area contributed by atoms with Crippen LogP contribution in [0.5, 0.6) is 0 Å². The number of nitrogens with one attached hydrogen (secondary N) is 1. The van der Waals surface area contributed by atoms with E-state index in [1.165, 1.54) is 0 Å². The van der Waals surface area contributed by atoms with Gasteiger partial charge in [0.1, 0.15) is 0 Å². The number of fused-ring (bicyclic) bond motifs is 1. The number of H-pyrrole nitrogens is 1. The molecule has 0 saturated carbocycles. The lowest BCUT2D eigenvalue weighted by Crippen LogP contribution is -2.35. The van der Waals surface area contributed by atoms with Crippen LogP contribution >= 0.6 is 0 Å². The van der Waals surface area contributed by atoms with Gasteiger partial charge in [0.25, 0.3) is 0 Å². The molecule has 16 heavy (non-hydrogen) atoms. The van der Waals surface area contributed by atoms with Crippen molar-refractivity contribution in [2.75, 3.05) is 13.1 Å². The maximum absolute atomic E-state index is 11.2. The minimum absolute atomic E-state index is 0.114. The molecular weight excluding hydrogens is 210 g/mol. The highest BCUT2D eigenvalue weighted by Crippen LogP contribution is 2.17. The largest absolute Gasteiger partial charge is 0.476 e. The van der Waals surface area contributed by atoms with Gasteiger partial charge in [0, 0.05) is 30.8 Å². The van der Waals surface area contributed by atoms with Crippen molar-refractivity contribution < 1.29 is 9.90 Å². The second-order valence-corrected chi connectivity index (χ2v) is 3.77. The van der Waals surface area contributed by atoms with Gasteiger partial charge in [-0.1, -0.05) is 6.92 Å². The molecule has 0 spiro atoms. The van der Waals surface area contributed by atoms with E-state index in [1.807, 2.05) is 6.92 Å². The monoisotopic (exact) mass is 223 g/mol. The number of rotatable bonds is 2. The maximum atomic E-state index is 11.2. The molecule has 0 aromatic carbocycles. The van der Waals surface area contributed by atoms with Gasteiger partial charge < -0.3 is 10.1 Å². The number of carbonyl (C=O) groups is 1. The average Bonchev–Trinajstić information content (AvgIpc) is 2.27. The highest BCUT2D eigenvalue weighted by molar-refractivity contribution is 5.87. The topological polar surface area (TPSA) is 86.3 Å². The Morgan fingerprint density at radius 1 is 1.62 bits per heavy atom. The van der Waals surface area contributed by atoms with Gasteiger partial charge in [-0.2, -0.15) is 4.98 Å². The molecule has 0 amide bonds. The maximum Gasteiger partial charge on any atom is 0.355 e. The van der Waals surface area contributed by atoms with Gasteiger partial charge in [0.2, 0.25) is 0 Å². The molecule has 6 nitrogen and oxygen atoms in total. The fourth-order valence-corrected chi connectivity index (χ4v) is 1.95. The molecule has 0 fully saturated rings. The summed E-state index contributed by atoms with van der Waals surface area (Å²) in [5.74, 6) is -1.14. The normalized spacial score (nSPS) is 15.8. The van der Waals surface area contributed by atoms with E-state index < -0.39 is 11.7 Å². The molecule has 0 atom stereocenters. The predicted octanol–water partition coefficient (Wildman–Crippen LogP) is -0.154. The minimum atomic E-state index is -1.14. The van der Waals surface area contributed by atoms with Crippen LogP contribution in [0, 0.1) is 0 Å². The number of hydrogen-bond donors (Lipinski definition) is 2. The molecule has 1 aliphatic rings. The fourth-order valence-electron chi connectivity index (χ4n) is 1.95. The number of carboxylic acids is 1. The van der Waals surface area contributed by atoms with Crippen LogP contribution in [0.1, 0.15) is 28.7 Å². The zero-order chi connectivity index (χ0) is 11.7. The van der Waals surface area contributed by atoms with Crippen LogP contribution in [0.4, 0.5) is 0 Å². The molecule has 6 heteroatoms. The third-order valence-corrected chi connectivity index (χ3v) is 2.83. The van der Waals surface area contributed by atoms with Gasteiger partial charge in [-0.15, -0.1) is 0 Å². The molecule has 2 heterocycles. The average molecular weight is 223 g/mol. The summed E-state index contributed by atoms with van der Waals surface area (Å²) in [5.41, 5.74) is 0.653. The third kappa shape index (κ3) is 1.83. The number of hydrogen-bond acceptors (Lipinski definition) is 4. The third-order valence-electron chi connectivity index (χ3n) is 2.83. The Balaban J connectivity index is 2.51. The van der Waals surface area contributed by atoms with Gasteiger partial charge in [-0.25, -0.2) is 9.59 Å². The summed E-state index contributed by atoms with van der Waals surface area (Å²) in [4.78, 5) is 30.4. The molecule has 1 aromatic rings. The fraction of sp³-hybridized carbons (Fsp3) is 0.500. The number of aromatic nitrogens is 2. The number of aromatic carboxylic acids is 1. The van der Waals surface area contributed by atoms with Crippen LogP contribution in [0.15, 0.2) is 4.79 Å². The number of nitrogens with zero attached hydrogens (tertiary/aromatic N) is 2. The lowest BCUT2D eigenvalue weighted by molar-refractivity contribution is 0.0686. The molecule has 1 aliphatic heterocycles. The van der Waals surface area contributed by atoms with Gasteiger partial charge in [-0.05, 0) is 6.54 Å². The first-order chi connectivity index (χ1) is 7.61. The molecule has 0 bridgehead atoms. The first-order valence-corrected chi connectivity index (χ1v) is 5.19. The van der Waals surface area contributed by atoms with Crippen LogP contribution in [0.3, 0.4) is 0 Å². The van der Waals surface area contributed by atoms with Crippen molar-refractivity contribution in [3.63, 3.8) is 0 Å². The first kappa shape index (κ1) is 10.8. The second kappa shape index (κ2) is 4.05. The van der Waals surface area contributed by atoms with E-state index in [9.17, 15) is 9.59 Å². The Morgan fingerprint density at radius 2 is 2.38 bits per heavy atom. The molecule has 0 aliphatic carbocycles. The Hall–Kier alpha value is -1.69. The minimum Gasteiger partial charge on any atom is -0.476 e. The van der Waals surface area contributed by atoms with Crippen molar-refractivity contribution in [1.29, 1.82) is 0 Å². The second-order valence-electron chi connectivity index (χ2n) is 3.77. The SMILES string of the molecule is CCN1CCc2[nH]c(=O)nc(C(=O)O)c2C1. The number of likely N-dealkylation sites (N-methyl/N-ethyl adjacent to an activating group) is 1. The molecule has 2 rings (SSSR count). The van der Waals surface area contributed by atoms with E-state index in [4.69, 9.17) is 5.11 Å². The highest BCUT2D eigenvalue weighted by atomic mass is 16.4. The summed E-state index contributed by atoms with van der Waals surface area (Å²) in [6.07, 6.45) is 0.668. The summed E-state index contributed by atoms with van der Waals surface area (Å²) in [6, 6.07) is 0. The summed E-state index contributed by atoms with van der Waals surface area (Å²) >= 11 is 0. The molecule has 0 saturated heterocycles. The quantitative estimate of drug-likeness (QED) is 0.728. The van der Waals surface area contributed by atoms with E-state index in [0.29, 0.717) is 24.2 Å². The highest BCUT2D eigenvalue weighted by Gasteiger charge is 2.23. The van der Waals surface area contributed by atoms with E-state index in [0.717, 1.165) is 13.1 Å². The Morgan fingerprint density at radius 3 is 3.00 bits per heavy atom. The molecular formula is C10H13N3O3. The zero-order valence-corrected chi connectivity index (χ0v) is 8.99. The Kier molecular flexibility index (Phi) is 2.74. The first-order valence-electron chi connectivity index (χ1n) is 5.19. The Labute approximate surface area is 91.9 Å². The van der Waals surface area contributed by atoms with Crippen molar-refractivity contribution in [2.24, 2.45) is 0 Å². The lowest BCUT2D eigenvalue weighted by Gasteiger charge is -2.27. The molecule has 86 valence electrons. The summed E-state index contributed by atoms with van der Waals surface area (Å²) in [7, 11) is 0. The smallest absolute Gasteiger partial charge is 0.355 e. The van der Waals surface area contributed by atoms with Gasteiger partial charge in [0.05, 0.1) is 0 Å². The summed E-state index contributed by atoms with van der Waals surface area (Å²) < 4.78 is 0. The van der Waals surface area contributed by atoms with Crippen molar-refractivity contribution in [1.82, 2.24) is 14.9 Å². The summed E-state index contributed by atoms with van der Waals surface area (Å²) in [6.45, 7) is 4.25. The van der Waals surface area contributed by atoms with Gasteiger partial charge >= 0.3 is 11.7 Å². The van der Waals surface area contributed by atoms with Crippen LogP contribution < -0.4 is 5.69 Å². The van der Waals surface area contributed by atoms with Crippen molar-refractivity contribution in [3.8, 4) is 0 Å². The predicted molar refractivity (Wildman–Crippen MR) is 56.5 cm³/mol. The van der Waals surface area contributed by atoms with Crippen LogP contribution in [-0.2, 0) is 13.0 Å². The van der Waals surface area contributed by atoms with Crippen molar-refractivity contribution in [2.45, 2.75) is 19.9 Å². The van der Waals surface area contributed by atoms with E-state index in [-0.39, 0.29) is 5.69 Å². The standard InChI is InChI=1S/C10H13N3O3/c1-2-13-4-3-7-6(5-13)8(9(14)15)12-10(16)11-7/h2-5H2,1H3,(H,14,15)(H,11,12,16). The molecule has 1 aromatic heterocycles. The van der Waals surface area contributed by atoms with Crippen LogP contribution in [-0.4, -0.2) is 39.0 Å². The lowest BCUT2D eigenvalue weighted by atomic mass is 10.0.